The number of amides is 1. The molecule has 0 unspecified atom stereocenters. The molecular formula is C17H20N2O3. The number of esters is 1. The first-order valence-electron chi connectivity index (χ1n) is 7.24. The van der Waals surface area contributed by atoms with Crippen molar-refractivity contribution in [1.29, 1.82) is 0 Å². The zero-order valence-electron chi connectivity index (χ0n) is 12.6. The number of hydrogen-bond acceptors (Lipinski definition) is 3. The number of benzene rings is 1. The third kappa shape index (κ3) is 5.09. The van der Waals surface area contributed by atoms with Crippen LogP contribution in [0, 0.1) is 0 Å². The largest absolute Gasteiger partial charge is 0.460 e. The van der Waals surface area contributed by atoms with Crippen molar-refractivity contribution < 1.29 is 14.3 Å². The van der Waals surface area contributed by atoms with Crippen LogP contribution < -0.4 is 5.32 Å². The van der Waals surface area contributed by atoms with Crippen LogP contribution in [0.2, 0.25) is 0 Å². The van der Waals surface area contributed by atoms with Crippen molar-refractivity contribution in [1.82, 2.24) is 9.88 Å². The molecule has 2 rings (SSSR count). The lowest BCUT2D eigenvalue weighted by Gasteiger charge is -2.13. The predicted octanol–water partition coefficient (Wildman–Crippen LogP) is 2.30. The number of aromatic nitrogens is 1. The summed E-state index contributed by atoms with van der Waals surface area (Å²) < 4.78 is 7.05. The van der Waals surface area contributed by atoms with Gasteiger partial charge in [0.15, 0.2) is 0 Å². The van der Waals surface area contributed by atoms with E-state index >= 15 is 0 Å². The molecule has 1 aromatic heterocycles. The van der Waals surface area contributed by atoms with Gasteiger partial charge in [-0.25, -0.2) is 0 Å². The minimum Gasteiger partial charge on any atom is -0.460 e. The second-order valence-corrected chi connectivity index (χ2v) is 5.11. The van der Waals surface area contributed by atoms with Crippen LogP contribution in [0.5, 0.6) is 0 Å². The molecule has 5 heteroatoms. The minimum atomic E-state index is -0.439. The predicted molar refractivity (Wildman–Crippen MR) is 83.0 cm³/mol. The first-order valence-corrected chi connectivity index (χ1v) is 7.24. The number of ether oxygens (including phenoxy) is 1. The number of rotatable bonds is 7. The normalized spacial score (nSPS) is 11.7. The van der Waals surface area contributed by atoms with Crippen LogP contribution in [0.3, 0.4) is 0 Å². The average Bonchev–Trinajstić information content (AvgIpc) is 3.06. The lowest BCUT2D eigenvalue weighted by Crippen LogP contribution is -2.31. The topological polar surface area (TPSA) is 60.3 Å². The molecule has 0 aliphatic heterocycles. The molecule has 0 spiro atoms. The van der Waals surface area contributed by atoms with Crippen LogP contribution in [0.15, 0.2) is 54.9 Å². The van der Waals surface area contributed by atoms with E-state index in [2.05, 4.69) is 5.32 Å². The highest BCUT2D eigenvalue weighted by Gasteiger charge is 2.11. The van der Waals surface area contributed by atoms with E-state index in [-0.39, 0.29) is 25.1 Å². The maximum atomic E-state index is 11.8. The lowest BCUT2D eigenvalue weighted by atomic mass is 10.2. The van der Waals surface area contributed by atoms with Gasteiger partial charge in [-0.05, 0) is 24.6 Å². The van der Waals surface area contributed by atoms with Crippen LogP contribution in [-0.4, -0.2) is 23.0 Å². The van der Waals surface area contributed by atoms with Crippen molar-refractivity contribution in [3.8, 4) is 0 Å². The van der Waals surface area contributed by atoms with Crippen LogP contribution in [0.25, 0.3) is 0 Å². The fourth-order valence-corrected chi connectivity index (χ4v) is 2.05. The van der Waals surface area contributed by atoms with Gasteiger partial charge in [-0.3, -0.25) is 9.59 Å². The molecule has 1 aromatic carbocycles. The smallest absolute Gasteiger partial charge is 0.325 e. The summed E-state index contributed by atoms with van der Waals surface area (Å²) in [5.41, 5.74) is 0.920. The summed E-state index contributed by atoms with van der Waals surface area (Å²) in [5, 5.41) is 2.58. The molecule has 0 saturated heterocycles. The standard InChI is InChI=1S/C17H20N2O3/c1-14(19-9-5-6-10-19)11-16(20)18-12-17(21)22-13-15-7-3-2-4-8-15/h2-10,14H,11-13H2,1H3,(H,18,20)/t14-/m0/s1. The van der Waals surface area contributed by atoms with Crippen LogP contribution in [0.1, 0.15) is 24.9 Å². The van der Waals surface area contributed by atoms with Crippen LogP contribution >= 0.6 is 0 Å². The Hall–Kier alpha value is -2.56. The monoisotopic (exact) mass is 300 g/mol. The zero-order valence-corrected chi connectivity index (χ0v) is 12.6. The first kappa shape index (κ1) is 15.8. The molecule has 116 valence electrons. The van der Waals surface area contributed by atoms with E-state index in [9.17, 15) is 9.59 Å². The minimum absolute atomic E-state index is 0.0512. The molecule has 5 nitrogen and oxygen atoms in total. The van der Waals surface area contributed by atoms with Gasteiger partial charge in [0.2, 0.25) is 5.91 Å². The van der Waals surface area contributed by atoms with E-state index in [0.29, 0.717) is 6.42 Å². The molecule has 1 atom stereocenters. The summed E-state index contributed by atoms with van der Waals surface area (Å²) in [6.07, 6.45) is 4.14. The van der Waals surface area contributed by atoms with Gasteiger partial charge in [-0.15, -0.1) is 0 Å². The van der Waals surface area contributed by atoms with E-state index in [1.54, 1.807) is 0 Å². The van der Waals surface area contributed by atoms with E-state index in [1.807, 2.05) is 66.3 Å². The van der Waals surface area contributed by atoms with Crippen molar-refractivity contribution in [3.63, 3.8) is 0 Å². The summed E-state index contributed by atoms with van der Waals surface area (Å²) in [6, 6.07) is 13.3. The summed E-state index contributed by atoms with van der Waals surface area (Å²) >= 11 is 0. The highest BCUT2D eigenvalue weighted by molar-refractivity contribution is 5.82. The zero-order chi connectivity index (χ0) is 15.8. The molecule has 1 N–H and O–H groups in total. The maximum Gasteiger partial charge on any atom is 0.325 e. The molecule has 22 heavy (non-hydrogen) atoms. The van der Waals surface area contributed by atoms with E-state index in [0.717, 1.165) is 5.56 Å². The summed E-state index contributed by atoms with van der Waals surface area (Å²) in [5.74, 6) is -0.608. The Labute approximate surface area is 129 Å². The molecule has 0 bridgehead atoms. The van der Waals surface area contributed by atoms with Crippen molar-refractivity contribution in [3.05, 3.63) is 60.4 Å². The molecule has 0 fully saturated rings. The lowest BCUT2D eigenvalue weighted by molar-refractivity contribution is -0.145. The number of hydrogen-bond donors (Lipinski definition) is 1. The summed E-state index contributed by atoms with van der Waals surface area (Å²) in [4.78, 5) is 23.4. The van der Waals surface area contributed by atoms with Gasteiger partial charge in [0.05, 0.1) is 0 Å². The van der Waals surface area contributed by atoms with E-state index in [4.69, 9.17) is 4.74 Å². The third-order valence-corrected chi connectivity index (χ3v) is 3.29. The maximum absolute atomic E-state index is 11.8. The fourth-order valence-electron chi connectivity index (χ4n) is 2.05. The summed E-state index contributed by atoms with van der Waals surface area (Å²) in [7, 11) is 0. The van der Waals surface area contributed by atoms with Crippen LogP contribution in [0.4, 0.5) is 0 Å². The van der Waals surface area contributed by atoms with Crippen molar-refractivity contribution in [2.75, 3.05) is 6.54 Å². The second-order valence-electron chi connectivity index (χ2n) is 5.11. The quantitative estimate of drug-likeness (QED) is 0.798. The Balaban J connectivity index is 1.66. The fraction of sp³-hybridized carbons (Fsp3) is 0.294. The van der Waals surface area contributed by atoms with Crippen LogP contribution in [-0.2, 0) is 20.9 Å². The molecule has 0 aliphatic carbocycles. The highest BCUT2D eigenvalue weighted by atomic mass is 16.5. The highest BCUT2D eigenvalue weighted by Crippen LogP contribution is 2.10. The number of nitrogens with zero attached hydrogens (tertiary/aromatic N) is 1. The van der Waals surface area contributed by atoms with Crippen molar-refractivity contribution >= 4 is 11.9 Å². The SMILES string of the molecule is C[C@@H](CC(=O)NCC(=O)OCc1ccccc1)n1cccc1. The molecular weight excluding hydrogens is 280 g/mol. The van der Waals surface area contributed by atoms with E-state index in [1.165, 1.54) is 0 Å². The summed E-state index contributed by atoms with van der Waals surface area (Å²) in [6.45, 7) is 2.06. The number of nitrogens with one attached hydrogen (secondary N) is 1. The van der Waals surface area contributed by atoms with Gasteiger partial charge in [0, 0.05) is 24.9 Å². The molecule has 0 aliphatic rings. The number of carbonyl (C=O) groups excluding carboxylic acids is 2. The Morgan fingerprint density at radius 2 is 1.82 bits per heavy atom. The molecule has 0 radical (unpaired) electrons. The molecule has 2 aromatic rings. The van der Waals surface area contributed by atoms with Crippen molar-refractivity contribution in [2.24, 2.45) is 0 Å². The van der Waals surface area contributed by atoms with Gasteiger partial charge in [0.25, 0.3) is 0 Å². The third-order valence-electron chi connectivity index (χ3n) is 3.29. The molecule has 1 amide bonds. The van der Waals surface area contributed by atoms with E-state index < -0.39 is 5.97 Å². The Morgan fingerprint density at radius 3 is 2.50 bits per heavy atom. The molecule has 0 saturated carbocycles. The van der Waals surface area contributed by atoms with Gasteiger partial charge < -0.3 is 14.6 Å². The Bertz CT molecular complexity index is 594. The molecule has 1 heterocycles. The first-order chi connectivity index (χ1) is 10.6. The Kier molecular flexibility index (Phi) is 5.77. The Morgan fingerprint density at radius 1 is 1.14 bits per heavy atom. The average molecular weight is 300 g/mol. The van der Waals surface area contributed by atoms with Gasteiger partial charge >= 0.3 is 5.97 Å². The van der Waals surface area contributed by atoms with Crippen molar-refractivity contribution in [2.45, 2.75) is 26.0 Å². The van der Waals surface area contributed by atoms with Gasteiger partial charge in [0.1, 0.15) is 13.2 Å². The van der Waals surface area contributed by atoms with Gasteiger partial charge in [-0.1, -0.05) is 30.3 Å². The van der Waals surface area contributed by atoms with Gasteiger partial charge in [-0.2, -0.15) is 0 Å². The second kappa shape index (κ2) is 8.02. The number of carbonyl (C=O) groups is 2.